The summed E-state index contributed by atoms with van der Waals surface area (Å²) in [6, 6.07) is 0. The topological polar surface area (TPSA) is 38.0 Å². The van der Waals surface area contributed by atoms with Crippen molar-refractivity contribution in [3.8, 4) is 0 Å². The molecule has 2 nitrogen and oxygen atoms in total. The Balaban J connectivity index is 1.86. The third kappa shape index (κ3) is 3.30. The molecule has 0 amide bonds. The average molecular weight is 144 g/mol. The molecule has 0 spiro atoms. The number of thiocarbonyl (C=S) groups is 1. The van der Waals surface area contributed by atoms with E-state index in [1.54, 1.807) is 0 Å². The summed E-state index contributed by atoms with van der Waals surface area (Å²) in [4.78, 5) is 0. The second-order valence-corrected chi connectivity index (χ2v) is 2.96. The summed E-state index contributed by atoms with van der Waals surface area (Å²) < 4.78 is 0. The van der Waals surface area contributed by atoms with Crippen LogP contribution in [0.2, 0.25) is 0 Å². The zero-order valence-electron chi connectivity index (χ0n) is 5.39. The summed E-state index contributed by atoms with van der Waals surface area (Å²) in [6.07, 6.45) is 4.04. The molecule has 3 heteroatoms. The second kappa shape index (κ2) is 3.01. The predicted octanol–water partition coefficient (Wildman–Crippen LogP) is 0.620. The minimum absolute atomic E-state index is 0.427. The van der Waals surface area contributed by atoms with Crippen LogP contribution in [-0.4, -0.2) is 11.7 Å². The maximum absolute atomic E-state index is 5.22. The van der Waals surface area contributed by atoms with Gasteiger partial charge < -0.3 is 11.1 Å². The summed E-state index contributed by atoms with van der Waals surface area (Å²) in [5.74, 6) is 0.965. The molecule has 0 radical (unpaired) electrons. The fourth-order valence-corrected chi connectivity index (χ4v) is 0.908. The van der Waals surface area contributed by atoms with Crippen molar-refractivity contribution in [3.63, 3.8) is 0 Å². The van der Waals surface area contributed by atoms with Crippen molar-refractivity contribution < 1.29 is 0 Å². The van der Waals surface area contributed by atoms with E-state index in [1.807, 2.05) is 0 Å². The van der Waals surface area contributed by atoms with E-state index < -0.39 is 0 Å². The third-order valence-corrected chi connectivity index (χ3v) is 1.69. The summed E-state index contributed by atoms with van der Waals surface area (Å²) in [7, 11) is 0. The normalized spacial score (nSPS) is 17.3. The molecule has 52 valence electrons. The van der Waals surface area contributed by atoms with E-state index in [-0.39, 0.29) is 0 Å². The van der Waals surface area contributed by atoms with Gasteiger partial charge in [-0.3, -0.25) is 0 Å². The molecule has 1 aliphatic carbocycles. The van der Waals surface area contributed by atoms with Gasteiger partial charge in [-0.15, -0.1) is 0 Å². The van der Waals surface area contributed by atoms with Gasteiger partial charge in [0.25, 0.3) is 0 Å². The Morgan fingerprint density at radius 3 is 2.78 bits per heavy atom. The lowest BCUT2D eigenvalue weighted by Crippen LogP contribution is -2.29. The van der Waals surface area contributed by atoms with Gasteiger partial charge in [-0.1, -0.05) is 12.8 Å². The van der Waals surface area contributed by atoms with Gasteiger partial charge in [-0.05, 0) is 24.6 Å². The largest absolute Gasteiger partial charge is 0.376 e. The molecule has 0 heterocycles. The molecule has 0 bridgehead atoms. The Labute approximate surface area is 60.8 Å². The summed E-state index contributed by atoms with van der Waals surface area (Å²) in [5.41, 5.74) is 5.22. The lowest BCUT2D eigenvalue weighted by Gasteiger charge is -2.00. The first-order chi connectivity index (χ1) is 4.29. The monoisotopic (exact) mass is 144 g/mol. The SMILES string of the molecule is NC(=S)NCCC1CC1. The lowest BCUT2D eigenvalue weighted by atomic mass is 10.3. The first kappa shape index (κ1) is 6.81. The number of hydrogen-bond acceptors (Lipinski definition) is 1. The number of nitrogens with two attached hydrogens (primary N) is 1. The van der Waals surface area contributed by atoms with Crippen molar-refractivity contribution in [2.75, 3.05) is 6.54 Å². The molecule has 0 aromatic rings. The van der Waals surface area contributed by atoms with Gasteiger partial charge in [0.1, 0.15) is 0 Å². The molecule has 0 atom stereocenters. The highest BCUT2D eigenvalue weighted by molar-refractivity contribution is 7.80. The molecule has 1 rings (SSSR count). The summed E-state index contributed by atoms with van der Waals surface area (Å²) in [6.45, 7) is 0.958. The Bertz CT molecular complexity index is 110. The molecule has 3 N–H and O–H groups in total. The highest BCUT2D eigenvalue weighted by atomic mass is 32.1. The molecule has 0 aromatic heterocycles. The van der Waals surface area contributed by atoms with Crippen molar-refractivity contribution >= 4 is 17.3 Å². The van der Waals surface area contributed by atoms with Crippen molar-refractivity contribution in [2.45, 2.75) is 19.3 Å². The number of nitrogens with one attached hydrogen (secondary N) is 1. The number of rotatable bonds is 3. The van der Waals surface area contributed by atoms with E-state index >= 15 is 0 Å². The second-order valence-electron chi connectivity index (χ2n) is 2.52. The Morgan fingerprint density at radius 1 is 1.67 bits per heavy atom. The fraction of sp³-hybridized carbons (Fsp3) is 0.833. The fourth-order valence-electron chi connectivity index (χ4n) is 0.806. The minimum Gasteiger partial charge on any atom is -0.376 e. The highest BCUT2D eigenvalue weighted by Gasteiger charge is 2.19. The van der Waals surface area contributed by atoms with E-state index in [0.717, 1.165) is 12.5 Å². The molecular weight excluding hydrogens is 132 g/mol. The van der Waals surface area contributed by atoms with Gasteiger partial charge in [0.15, 0.2) is 5.11 Å². The summed E-state index contributed by atoms with van der Waals surface area (Å²) >= 11 is 4.63. The smallest absolute Gasteiger partial charge is 0.163 e. The van der Waals surface area contributed by atoms with Crippen LogP contribution in [0.5, 0.6) is 0 Å². The molecule has 0 unspecified atom stereocenters. The maximum atomic E-state index is 5.22. The zero-order chi connectivity index (χ0) is 6.69. The Kier molecular flexibility index (Phi) is 2.28. The van der Waals surface area contributed by atoms with Gasteiger partial charge >= 0.3 is 0 Å². The molecule has 1 saturated carbocycles. The van der Waals surface area contributed by atoms with Crippen molar-refractivity contribution in [3.05, 3.63) is 0 Å². The van der Waals surface area contributed by atoms with Gasteiger partial charge in [-0.25, -0.2) is 0 Å². The van der Waals surface area contributed by atoms with Crippen molar-refractivity contribution in [2.24, 2.45) is 11.7 Å². The van der Waals surface area contributed by atoms with Crippen molar-refractivity contribution in [1.29, 1.82) is 0 Å². The van der Waals surface area contributed by atoms with Crippen LogP contribution in [0.3, 0.4) is 0 Å². The van der Waals surface area contributed by atoms with Gasteiger partial charge in [0.2, 0.25) is 0 Å². The predicted molar refractivity (Wildman–Crippen MR) is 42.1 cm³/mol. The van der Waals surface area contributed by atoms with E-state index in [9.17, 15) is 0 Å². The molecule has 0 saturated heterocycles. The Hall–Kier alpha value is -0.310. The van der Waals surface area contributed by atoms with E-state index in [0.29, 0.717) is 5.11 Å². The highest BCUT2D eigenvalue weighted by Crippen LogP contribution is 2.31. The zero-order valence-corrected chi connectivity index (χ0v) is 6.21. The maximum Gasteiger partial charge on any atom is 0.163 e. The lowest BCUT2D eigenvalue weighted by molar-refractivity contribution is 0.701. The molecule has 1 aliphatic rings. The first-order valence-electron chi connectivity index (χ1n) is 3.32. The van der Waals surface area contributed by atoms with E-state index in [2.05, 4.69) is 17.5 Å². The standard InChI is InChI=1S/C6H12N2S/c7-6(9)8-4-3-5-1-2-5/h5H,1-4H2,(H3,7,8,9). The minimum atomic E-state index is 0.427. The van der Waals surface area contributed by atoms with Gasteiger partial charge in [-0.2, -0.15) is 0 Å². The van der Waals surface area contributed by atoms with Crippen LogP contribution in [0.4, 0.5) is 0 Å². The van der Waals surface area contributed by atoms with Crippen LogP contribution in [0.25, 0.3) is 0 Å². The molecule has 0 aromatic carbocycles. The van der Waals surface area contributed by atoms with Crippen LogP contribution < -0.4 is 11.1 Å². The van der Waals surface area contributed by atoms with E-state index in [1.165, 1.54) is 19.3 Å². The van der Waals surface area contributed by atoms with Gasteiger partial charge in [0, 0.05) is 6.54 Å². The third-order valence-electron chi connectivity index (χ3n) is 1.55. The van der Waals surface area contributed by atoms with Crippen LogP contribution in [0, 0.1) is 5.92 Å². The molecule has 1 fully saturated rings. The van der Waals surface area contributed by atoms with Crippen LogP contribution in [-0.2, 0) is 0 Å². The molecular formula is C6H12N2S. The first-order valence-corrected chi connectivity index (χ1v) is 3.73. The Morgan fingerprint density at radius 2 is 2.33 bits per heavy atom. The average Bonchev–Trinajstić information content (AvgIpc) is 2.48. The molecule has 9 heavy (non-hydrogen) atoms. The summed E-state index contributed by atoms with van der Waals surface area (Å²) in [5, 5.41) is 3.35. The number of hydrogen-bond donors (Lipinski definition) is 2. The quantitative estimate of drug-likeness (QED) is 0.570. The van der Waals surface area contributed by atoms with Crippen molar-refractivity contribution in [1.82, 2.24) is 5.32 Å². The van der Waals surface area contributed by atoms with Crippen LogP contribution >= 0.6 is 12.2 Å². The van der Waals surface area contributed by atoms with Crippen LogP contribution in [0.1, 0.15) is 19.3 Å². The molecule has 0 aliphatic heterocycles. The van der Waals surface area contributed by atoms with Crippen LogP contribution in [0.15, 0.2) is 0 Å². The van der Waals surface area contributed by atoms with E-state index in [4.69, 9.17) is 5.73 Å². The van der Waals surface area contributed by atoms with Gasteiger partial charge in [0.05, 0.1) is 0 Å².